The molecule has 1 aliphatic heterocycles. The first kappa shape index (κ1) is 13.3. The minimum Gasteiger partial charge on any atom is -0.486 e. The van der Waals surface area contributed by atoms with E-state index >= 15 is 0 Å². The third kappa shape index (κ3) is 1.95. The van der Waals surface area contributed by atoms with Gasteiger partial charge in [0, 0.05) is 12.6 Å². The van der Waals surface area contributed by atoms with Gasteiger partial charge in [0.1, 0.15) is 19.0 Å². The molecule has 0 fully saturated rings. The molecule has 0 amide bonds. The Morgan fingerprint density at radius 1 is 1.35 bits per heavy atom. The van der Waals surface area contributed by atoms with Gasteiger partial charge in [0.15, 0.2) is 11.5 Å². The molecule has 3 rings (SSSR count). The number of nitrogen functional groups attached to an aromatic ring is 1. The Morgan fingerprint density at radius 2 is 2.10 bits per heavy atom. The van der Waals surface area contributed by atoms with Crippen molar-refractivity contribution in [1.82, 2.24) is 9.78 Å². The van der Waals surface area contributed by atoms with Crippen LogP contribution in [0.3, 0.4) is 0 Å². The third-order valence-corrected chi connectivity index (χ3v) is 4.34. The van der Waals surface area contributed by atoms with E-state index in [-0.39, 0.29) is 0 Å². The molecule has 2 N–H and O–H groups in total. The van der Waals surface area contributed by atoms with Crippen LogP contribution < -0.4 is 15.2 Å². The summed E-state index contributed by atoms with van der Waals surface area (Å²) in [5, 5.41) is 4.21. The van der Waals surface area contributed by atoms with Gasteiger partial charge in [0.2, 0.25) is 0 Å². The van der Waals surface area contributed by atoms with E-state index in [1.54, 1.807) is 10.9 Å². The summed E-state index contributed by atoms with van der Waals surface area (Å²) in [5.41, 5.74) is 9.20. The van der Waals surface area contributed by atoms with Crippen molar-refractivity contribution in [3.05, 3.63) is 22.3 Å². The van der Waals surface area contributed by atoms with E-state index in [0.717, 1.165) is 39.1 Å². The Hall–Kier alpha value is -1.69. The predicted molar refractivity (Wildman–Crippen MR) is 81.1 cm³/mol. The van der Waals surface area contributed by atoms with Gasteiger partial charge in [0.25, 0.3) is 0 Å². The highest BCUT2D eigenvalue weighted by Gasteiger charge is 2.23. The second-order valence-corrected chi connectivity index (χ2v) is 5.45. The maximum Gasteiger partial charge on any atom is 0.175 e. The normalized spacial score (nSPS) is 13.6. The Bertz CT molecular complexity index is 667. The van der Waals surface area contributed by atoms with Gasteiger partial charge >= 0.3 is 0 Å². The van der Waals surface area contributed by atoms with E-state index in [1.165, 1.54) is 0 Å². The molecule has 0 atom stereocenters. The second-order valence-electron chi connectivity index (χ2n) is 4.66. The van der Waals surface area contributed by atoms with E-state index in [4.69, 9.17) is 15.2 Å². The summed E-state index contributed by atoms with van der Waals surface area (Å²) in [6.45, 7) is 3.24. The number of halogens is 1. The molecule has 5 nitrogen and oxygen atoms in total. The van der Waals surface area contributed by atoms with Crippen LogP contribution in [-0.4, -0.2) is 23.0 Å². The highest BCUT2D eigenvalue weighted by molar-refractivity contribution is 9.10. The number of hydrogen-bond donors (Lipinski definition) is 1. The number of ether oxygens (including phenoxy) is 2. The van der Waals surface area contributed by atoms with Gasteiger partial charge in [-0.3, -0.25) is 4.68 Å². The average molecular weight is 338 g/mol. The molecule has 0 unspecified atom stereocenters. The second kappa shape index (κ2) is 5.01. The molecule has 1 aliphatic rings. The van der Waals surface area contributed by atoms with Gasteiger partial charge in [-0.2, -0.15) is 5.10 Å². The smallest absolute Gasteiger partial charge is 0.175 e. The standard InChI is InChI=1S/C14H16BrN3O2/c1-3-8-9(10-7-17-18(2)14(10)16)6-11-13(12(8)15)20-5-4-19-11/h6-7H,3-5,16H2,1-2H3. The molecule has 1 aromatic heterocycles. The minimum absolute atomic E-state index is 0.562. The molecule has 2 heterocycles. The minimum atomic E-state index is 0.562. The van der Waals surface area contributed by atoms with Crippen LogP contribution in [0.1, 0.15) is 12.5 Å². The van der Waals surface area contributed by atoms with Gasteiger partial charge in [0.05, 0.1) is 10.7 Å². The van der Waals surface area contributed by atoms with E-state index in [2.05, 4.69) is 28.0 Å². The van der Waals surface area contributed by atoms with Crippen molar-refractivity contribution in [3.63, 3.8) is 0 Å². The molecule has 6 heteroatoms. The lowest BCUT2D eigenvalue weighted by Crippen LogP contribution is -2.16. The number of nitrogens with two attached hydrogens (primary N) is 1. The number of aryl methyl sites for hydroxylation is 1. The quantitative estimate of drug-likeness (QED) is 0.915. The van der Waals surface area contributed by atoms with Crippen molar-refractivity contribution >= 4 is 21.7 Å². The van der Waals surface area contributed by atoms with Crippen LogP contribution in [0.5, 0.6) is 11.5 Å². The number of benzene rings is 1. The summed E-state index contributed by atoms with van der Waals surface area (Å²) in [6.07, 6.45) is 2.65. The Balaban J connectivity index is 2.25. The molecule has 0 radical (unpaired) electrons. The fraction of sp³-hybridized carbons (Fsp3) is 0.357. The van der Waals surface area contributed by atoms with Crippen LogP contribution in [0, 0.1) is 0 Å². The van der Waals surface area contributed by atoms with Crippen molar-refractivity contribution in [3.8, 4) is 22.6 Å². The lowest BCUT2D eigenvalue weighted by atomic mass is 9.98. The first-order valence-corrected chi connectivity index (χ1v) is 7.31. The SMILES string of the molecule is CCc1c(-c2cnn(C)c2N)cc2c(c1Br)OCCO2. The Labute approximate surface area is 125 Å². The molecule has 0 bridgehead atoms. The fourth-order valence-electron chi connectivity index (χ4n) is 2.42. The Morgan fingerprint density at radius 3 is 2.75 bits per heavy atom. The number of nitrogens with zero attached hydrogens (tertiary/aromatic N) is 2. The van der Waals surface area contributed by atoms with Gasteiger partial charge in [-0.1, -0.05) is 6.92 Å². The van der Waals surface area contributed by atoms with Crippen LogP contribution in [0.25, 0.3) is 11.1 Å². The van der Waals surface area contributed by atoms with E-state index in [1.807, 2.05) is 13.1 Å². The molecule has 106 valence electrons. The molecule has 0 aliphatic carbocycles. The van der Waals surface area contributed by atoms with E-state index in [9.17, 15) is 0 Å². The van der Waals surface area contributed by atoms with E-state index in [0.29, 0.717) is 19.0 Å². The van der Waals surface area contributed by atoms with Gasteiger partial charge < -0.3 is 15.2 Å². The number of aromatic nitrogens is 2. The monoisotopic (exact) mass is 337 g/mol. The fourth-order valence-corrected chi connectivity index (χ4v) is 3.23. The highest BCUT2D eigenvalue weighted by Crippen LogP contribution is 2.45. The van der Waals surface area contributed by atoms with E-state index < -0.39 is 0 Å². The largest absolute Gasteiger partial charge is 0.486 e. The summed E-state index contributed by atoms with van der Waals surface area (Å²) in [6, 6.07) is 1.99. The van der Waals surface area contributed by atoms with Gasteiger partial charge in [-0.25, -0.2) is 0 Å². The lowest BCUT2D eigenvalue weighted by Gasteiger charge is -2.23. The molecule has 0 saturated carbocycles. The van der Waals surface area contributed by atoms with Crippen molar-refractivity contribution in [2.24, 2.45) is 7.05 Å². The molecule has 2 aromatic rings. The van der Waals surface area contributed by atoms with Crippen molar-refractivity contribution in [2.75, 3.05) is 18.9 Å². The van der Waals surface area contributed by atoms with Crippen LogP contribution in [0.15, 0.2) is 16.7 Å². The Kier molecular flexibility index (Phi) is 3.33. The zero-order valence-electron chi connectivity index (χ0n) is 11.4. The molecule has 1 aromatic carbocycles. The summed E-state index contributed by atoms with van der Waals surface area (Å²) in [5.74, 6) is 2.17. The summed E-state index contributed by atoms with van der Waals surface area (Å²) in [7, 11) is 1.83. The number of rotatable bonds is 2. The molecule has 0 spiro atoms. The maximum absolute atomic E-state index is 6.10. The number of fused-ring (bicyclic) bond motifs is 1. The maximum atomic E-state index is 6.10. The highest BCUT2D eigenvalue weighted by atomic mass is 79.9. The van der Waals surface area contributed by atoms with Crippen molar-refractivity contribution in [1.29, 1.82) is 0 Å². The van der Waals surface area contributed by atoms with Crippen LogP contribution >= 0.6 is 15.9 Å². The molecular formula is C14H16BrN3O2. The topological polar surface area (TPSA) is 62.3 Å². The third-order valence-electron chi connectivity index (χ3n) is 3.50. The summed E-state index contributed by atoms with van der Waals surface area (Å²) >= 11 is 3.63. The van der Waals surface area contributed by atoms with Gasteiger partial charge in [-0.05, 0) is 39.5 Å². The summed E-state index contributed by atoms with van der Waals surface area (Å²) < 4.78 is 14.0. The van der Waals surface area contributed by atoms with Crippen LogP contribution in [0.2, 0.25) is 0 Å². The van der Waals surface area contributed by atoms with Crippen molar-refractivity contribution < 1.29 is 9.47 Å². The summed E-state index contributed by atoms with van der Waals surface area (Å²) in [4.78, 5) is 0. The average Bonchev–Trinajstić information content (AvgIpc) is 2.79. The van der Waals surface area contributed by atoms with Crippen molar-refractivity contribution in [2.45, 2.75) is 13.3 Å². The first-order chi connectivity index (χ1) is 9.63. The first-order valence-electron chi connectivity index (χ1n) is 6.52. The van der Waals surface area contributed by atoms with Crippen LogP contribution in [0.4, 0.5) is 5.82 Å². The number of hydrogen-bond acceptors (Lipinski definition) is 4. The molecule has 0 saturated heterocycles. The lowest BCUT2D eigenvalue weighted by molar-refractivity contribution is 0.170. The number of anilines is 1. The zero-order valence-corrected chi connectivity index (χ0v) is 13.0. The van der Waals surface area contributed by atoms with Crippen LogP contribution in [-0.2, 0) is 13.5 Å². The molecule has 20 heavy (non-hydrogen) atoms. The molecular weight excluding hydrogens is 322 g/mol. The van der Waals surface area contributed by atoms with Gasteiger partial charge in [-0.15, -0.1) is 0 Å². The zero-order chi connectivity index (χ0) is 14.3. The predicted octanol–water partition coefficient (Wildman–Crippen LogP) is 2.77.